The van der Waals surface area contributed by atoms with E-state index in [1.807, 2.05) is 6.07 Å². The van der Waals surface area contributed by atoms with Crippen molar-refractivity contribution in [2.75, 3.05) is 0 Å². The lowest BCUT2D eigenvalue weighted by Crippen LogP contribution is -2.59. The summed E-state index contributed by atoms with van der Waals surface area (Å²) < 4.78 is 77.6. The number of nitrogens with one attached hydrogen (secondary N) is 1. The van der Waals surface area contributed by atoms with Crippen LogP contribution in [0.15, 0.2) is 35.5 Å². The monoisotopic (exact) mass is 524 g/mol. The molecule has 1 aromatic carbocycles. The highest BCUT2D eigenvalue weighted by Gasteiger charge is 2.60. The van der Waals surface area contributed by atoms with E-state index in [2.05, 4.69) is 10.4 Å². The van der Waals surface area contributed by atoms with E-state index in [0.717, 1.165) is 12.1 Å². The van der Waals surface area contributed by atoms with E-state index in [0.29, 0.717) is 18.4 Å². The third kappa shape index (κ3) is 4.62. The van der Waals surface area contributed by atoms with E-state index >= 15 is 0 Å². The molecule has 2 atom stereocenters. The van der Waals surface area contributed by atoms with Gasteiger partial charge < -0.3 is 10.1 Å². The second kappa shape index (κ2) is 8.88. The van der Waals surface area contributed by atoms with Gasteiger partial charge >= 0.3 is 6.18 Å². The maximum atomic E-state index is 14.2. The van der Waals surface area contributed by atoms with Crippen LogP contribution < -0.4 is 5.32 Å². The van der Waals surface area contributed by atoms with Crippen LogP contribution >= 0.6 is 0 Å². The molecule has 2 aliphatic rings. The Kier molecular flexibility index (Phi) is 6.46. The Bertz CT molecular complexity index is 1330. The molecule has 0 saturated heterocycles. The summed E-state index contributed by atoms with van der Waals surface area (Å²) in [4.78, 5) is 12.5. The Labute approximate surface area is 207 Å². The van der Waals surface area contributed by atoms with E-state index in [-0.39, 0.29) is 24.8 Å². The fourth-order valence-electron chi connectivity index (χ4n) is 4.83. The zero-order valence-corrected chi connectivity index (χ0v) is 20.9. The molecule has 0 aliphatic heterocycles. The Hall–Kier alpha value is -2.91. The summed E-state index contributed by atoms with van der Waals surface area (Å²) in [5.74, 6) is -0.776. The Balaban J connectivity index is 1.81. The van der Waals surface area contributed by atoms with Gasteiger partial charge in [-0.15, -0.1) is 0 Å². The minimum Gasteiger partial charge on any atom is -0.361 e. The van der Waals surface area contributed by atoms with E-state index in [1.165, 1.54) is 23.1 Å². The first-order chi connectivity index (χ1) is 16.7. The molecule has 2 aromatic rings. The standard InChI is InChI=1S/C24H27F3N4O4S/c1-15(2)35-23(21(32)30-22(14-28)9-10-22)8-4-5-20(23)36(33,34)19-7-6-16(11-18(19)24(25,26)27)17-12-29-31(3)13-17/h6-7,11-13,15,20H,4-5,8-10H2,1-3H3,(H,30,32)/t20-,23+/m0/s1. The number of rotatable bonds is 7. The third-order valence-corrected chi connectivity index (χ3v) is 9.02. The van der Waals surface area contributed by atoms with Crippen molar-refractivity contribution in [1.29, 1.82) is 5.26 Å². The van der Waals surface area contributed by atoms with Crippen molar-refractivity contribution in [3.05, 3.63) is 36.2 Å². The lowest BCUT2D eigenvalue weighted by atomic mass is 9.99. The molecule has 1 N–H and O–H groups in total. The molecule has 8 nitrogen and oxygen atoms in total. The number of nitriles is 1. The quantitative estimate of drug-likeness (QED) is 0.590. The summed E-state index contributed by atoms with van der Waals surface area (Å²) >= 11 is 0. The van der Waals surface area contributed by atoms with Gasteiger partial charge in [0.05, 0.1) is 28.8 Å². The Morgan fingerprint density at radius 1 is 1.28 bits per heavy atom. The predicted octanol–water partition coefficient (Wildman–Crippen LogP) is 3.77. The summed E-state index contributed by atoms with van der Waals surface area (Å²) in [7, 11) is -3.08. The number of aryl methyl sites for hydroxylation is 1. The number of amides is 1. The van der Waals surface area contributed by atoms with Crippen LogP contribution in [0.2, 0.25) is 0 Å². The Morgan fingerprint density at radius 3 is 2.50 bits per heavy atom. The van der Waals surface area contributed by atoms with Crippen LogP contribution in [-0.2, 0) is 32.6 Å². The van der Waals surface area contributed by atoms with Crippen molar-refractivity contribution in [2.24, 2.45) is 7.05 Å². The number of carbonyl (C=O) groups excluding carboxylic acids is 1. The zero-order chi connectivity index (χ0) is 26.5. The van der Waals surface area contributed by atoms with Gasteiger partial charge in [-0.3, -0.25) is 9.48 Å². The van der Waals surface area contributed by atoms with Crippen LogP contribution in [0.5, 0.6) is 0 Å². The summed E-state index contributed by atoms with van der Waals surface area (Å²) in [6, 6.07) is 5.05. The molecule has 0 radical (unpaired) electrons. The molecule has 194 valence electrons. The average Bonchev–Trinajstić information content (AvgIpc) is 3.20. The van der Waals surface area contributed by atoms with Gasteiger partial charge in [-0.25, -0.2) is 8.42 Å². The van der Waals surface area contributed by atoms with Gasteiger partial charge in [-0.1, -0.05) is 6.07 Å². The van der Waals surface area contributed by atoms with E-state index in [1.54, 1.807) is 20.9 Å². The van der Waals surface area contributed by atoms with Gasteiger partial charge in [-0.2, -0.15) is 23.5 Å². The minimum atomic E-state index is -4.97. The van der Waals surface area contributed by atoms with Crippen molar-refractivity contribution < 1.29 is 31.1 Å². The number of aromatic nitrogens is 2. The molecule has 1 heterocycles. The molecule has 0 unspecified atom stereocenters. The number of ether oxygens (including phenoxy) is 1. The SMILES string of the molecule is CC(C)O[C@]1(C(=O)NC2(C#N)CC2)CCC[C@@H]1S(=O)(=O)c1ccc(-c2cnn(C)c2)cc1C(F)(F)F. The molecular formula is C24H27F3N4O4S. The number of carbonyl (C=O) groups is 1. The second-order valence-electron chi connectivity index (χ2n) is 9.74. The fraction of sp³-hybridized carbons (Fsp3) is 0.542. The topological polar surface area (TPSA) is 114 Å². The zero-order valence-electron chi connectivity index (χ0n) is 20.1. The molecular weight excluding hydrogens is 497 g/mol. The van der Waals surface area contributed by atoms with Gasteiger partial charge in [0.2, 0.25) is 0 Å². The average molecular weight is 525 g/mol. The first-order valence-corrected chi connectivity index (χ1v) is 13.1. The highest BCUT2D eigenvalue weighted by Crippen LogP contribution is 2.46. The minimum absolute atomic E-state index is 0.0114. The molecule has 12 heteroatoms. The van der Waals surface area contributed by atoms with Crippen LogP contribution in [0.1, 0.15) is 51.5 Å². The van der Waals surface area contributed by atoms with E-state index < -0.39 is 54.9 Å². The fourth-order valence-corrected chi connectivity index (χ4v) is 7.14. The summed E-state index contributed by atoms with van der Waals surface area (Å²) in [5, 5.41) is 14.4. The number of nitrogens with zero attached hydrogens (tertiary/aromatic N) is 3. The van der Waals surface area contributed by atoms with Crippen LogP contribution in [0.3, 0.4) is 0 Å². The number of sulfone groups is 1. The molecule has 0 spiro atoms. The van der Waals surface area contributed by atoms with Gasteiger partial charge in [0, 0.05) is 18.8 Å². The smallest absolute Gasteiger partial charge is 0.361 e. The van der Waals surface area contributed by atoms with Crippen LogP contribution in [0, 0.1) is 11.3 Å². The normalized spacial score (nSPS) is 23.4. The lowest BCUT2D eigenvalue weighted by molar-refractivity contribution is -0.152. The molecule has 4 rings (SSSR count). The van der Waals surface area contributed by atoms with Crippen LogP contribution in [-0.4, -0.2) is 46.6 Å². The summed E-state index contributed by atoms with van der Waals surface area (Å²) in [6.45, 7) is 3.25. The molecule has 2 saturated carbocycles. The number of hydrogen-bond acceptors (Lipinski definition) is 6. The second-order valence-corrected chi connectivity index (χ2v) is 11.8. The number of hydrogen-bond donors (Lipinski definition) is 1. The van der Waals surface area contributed by atoms with Crippen molar-refractivity contribution >= 4 is 15.7 Å². The van der Waals surface area contributed by atoms with Crippen molar-refractivity contribution in [1.82, 2.24) is 15.1 Å². The van der Waals surface area contributed by atoms with Crippen molar-refractivity contribution in [3.63, 3.8) is 0 Å². The first-order valence-electron chi connectivity index (χ1n) is 11.6. The number of halogens is 3. The maximum Gasteiger partial charge on any atom is 0.417 e. The van der Waals surface area contributed by atoms with Crippen LogP contribution in [0.25, 0.3) is 11.1 Å². The highest BCUT2D eigenvalue weighted by molar-refractivity contribution is 7.92. The molecule has 2 aliphatic carbocycles. The van der Waals surface area contributed by atoms with Gasteiger partial charge in [0.1, 0.15) is 10.8 Å². The lowest BCUT2D eigenvalue weighted by Gasteiger charge is -2.36. The third-order valence-electron chi connectivity index (χ3n) is 6.69. The molecule has 0 bridgehead atoms. The van der Waals surface area contributed by atoms with Crippen molar-refractivity contribution in [3.8, 4) is 17.2 Å². The van der Waals surface area contributed by atoms with E-state index in [4.69, 9.17) is 4.74 Å². The predicted molar refractivity (Wildman–Crippen MR) is 123 cm³/mol. The van der Waals surface area contributed by atoms with Crippen molar-refractivity contribution in [2.45, 2.75) is 79.5 Å². The highest BCUT2D eigenvalue weighted by atomic mass is 32.2. The molecule has 1 aromatic heterocycles. The van der Waals surface area contributed by atoms with Gasteiger partial charge in [-0.05, 0) is 63.6 Å². The maximum absolute atomic E-state index is 14.2. The number of benzene rings is 1. The largest absolute Gasteiger partial charge is 0.417 e. The first kappa shape index (κ1) is 26.2. The van der Waals surface area contributed by atoms with E-state index in [9.17, 15) is 31.6 Å². The van der Waals surface area contributed by atoms with Gasteiger partial charge in [0.25, 0.3) is 5.91 Å². The summed E-state index contributed by atoms with van der Waals surface area (Å²) in [6.07, 6.45) is -1.59. The molecule has 1 amide bonds. The molecule has 2 fully saturated rings. The Morgan fingerprint density at radius 2 is 1.97 bits per heavy atom. The van der Waals surface area contributed by atoms with Gasteiger partial charge in [0.15, 0.2) is 15.4 Å². The summed E-state index contributed by atoms with van der Waals surface area (Å²) in [5.41, 5.74) is -3.76. The molecule has 36 heavy (non-hydrogen) atoms. The number of alkyl halides is 3. The van der Waals surface area contributed by atoms with Crippen LogP contribution in [0.4, 0.5) is 13.2 Å².